The van der Waals surface area contributed by atoms with Crippen molar-refractivity contribution in [2.75, 3.05) is 13.2 Å². The second-order valence-electron chi connectivity index (χ2n) is 5.56. The normalized spacial score (nSPS) is 14.7. The van der Waals surface area contributed by atoms with Crippen LogP contribution in [0.5, 0.6) is 0 Å². The molecule has 1 aromatic rings. The lowest BCUT2D eigenvalue weighted by molar-refractivity contribution is -0.147. The maximum Gasteiger partial charge on any atom is 0.309 e. The van der Waals surface area contributed by atoms with Crippen LogP contribution in [0.3, 0.4) is 0 Å². The van der Waals surface area contributed by atoms with Gasteiger partial charge in [0.2, 0.25) is 0 Å². The summed E-state index contributed by atoms with van der Waals surface area (Å²) in [6.45, 7) is 4.95. The summed E-state index contributed by atoms with van der Waals surface area (Å²) in [5.74, 6) is -0.985. The molecule has 0 atom stereocenters. The van der Waals surface area contributed by atoms with Crippen molar-refractivity contribution in [2.24, 2.45) is 5.41 Å². The number of fused-ring (bicyclic) bond motifs is 1. The van der Waals surface area contributed by atoms with E-state index in [0.717, 1.165) is 12.0 Å². The lowest BCUT2D eigenvalue weighted by atomic mass is 9.90. The summed E-state index contributed by atoms with van der Waals surface area (Å²) in [7, 11) is 0. The number of carboxylic acids is 1. The molecule has 0 fully saturated rings. The first kappa shape index (κ1) is 15.0. The van der Waals surface area contributed by atoms with Crippen molar-refractivity contribution >= 4 is 23.2 Å². The SMILES string of the molecule is CC(C)(CCNC(=O)c1cc2c(s1)CCOC2)C(=O)O. The number of amides is 1. The van der Waals surface area contributed by atoms with E-state index in [9.17, 15) is 9.59 Å². The number of hydrogen-bond donors (Lipinski definition) is 2. The Morgan fingerprint density at radius 1 is 1.50 bits per heavy atom. The molecule has 2 N–H and O–H groups in total. The largest absolute Gasteiger partial charge is 0.481 e. The topological polar surface area (TPSA) is 75.6 Å². The molecular formula is C14H19NO4S. The van der Waals surface area contributed by atoms with Crippen molar-refractivity contribution in [3.8, 4) is 0 Å². The first-order valence-electron chi connectivity index (χ1n) is 6.61. The minimum absolute atomic E-state index is 0.134. The van der Waals surface area contributed by atoms with Crippen LogP contribution in [0.15, 0.2) is 6.07 Å². The number of hydrogen-bond acceptors (Lipinski definition) is 4. The second-order valence-corrected chi connectivity index (χ2v) is 6.69. The highest BCUT2D eigenvalue weighted by Crippen LogP contribution is 2.27. The zero-order chi connectivity index (χ0) is 14.8. The molecule has 0 radical (unpaired) electrons. The minimum atomic E-state index is -0.851. The standard InChI is InChI=1S/C14H19NO4S/c1-14(2,13(17)18)4-5-15-12(16)11-7-9-8-19-6-3-10(9)20-11/h7H,3-6,8H2,1-2H3,(H,15,16)(H,17,18). The Kier molecular flexibility index (Phi) is 4.45. The molecule has 0 aliphatic carbocycles. The van der Waals surface area contributed by atoms with Crippen molar-refractivity contribution < 1.29 is 19.4 Å². The van der Waals surface area contributed by atoms with Crippen LogP contribution < -0.4 is 5.32 Å². The smallest absolute Gasteiger partial charge is 0.309 e. The third-order valence-electron chi connectivity index (χ3n) is 3.47. The van der Waals surface area contributed by atoms with Gasteiger partial charge in [0.1, 0.15) is 0 Å². The molecule has 0 bridgehead atoms. The van der Waals surface area contributed by atoms with Crippen molar-refractivity contribution in [3.63, 3.8) is 0 Å². The summed E-state index contributed by atoms with van der Waals surface area (Å²) in [4.78, 5) is 24.9. The molecule has 1 aliphatic rings. The molecular weight excluding hydrogens is 278 g/mol. The fourth-order valence-electron chi connectivity index (χ4n) is 1.94. The van der Waals surface area contributed by atoms with Crippen molar-refractivity contribution in [2.45, 2.75) is 33.3 Å². The van der Waals surface area contributed by atoms with Gasteiger partial charge >= 0.3 is 5.97 Å². The summed E-state index contributed by atoms with van der Waals surface area (Å²) in [5.41, 5.74) is 0.271. The summed E-state index contributed by atoms with van der Waals surface area (Å²) < 4.78 is 5.35. The van der Waals surface area contributed by atoms with Gasteiger partial charge in [-0.15, -0.1) is 11.3 Å². The van der Waals surface area contributed by atoms with Gasteiger partial charge in [-0.05, 0) is 31.9 Å². The molecule has 6 heteroatoms. The van der Waals surface area contributed by atoms with Gasteiger partial charge in [0.25, 0.3) is 5.91 Å². The average molecular weight is 297 g/mol. The van der Waals surface area contributed by atoms with E-state index in [1.54, 1.807) is 13.8 Å². The number of carbonyl (C=O) groups is 2. The van der Waals surface area contributed by atoms with Crippen LogP contribution in [-0.2, 0) is 22.6 Å². The molecule has 2 rings (SSSR count). The molecule has 2 heterocycles. The molecule has 0 spiro atoms. The Hall–Kier alpha value is -1.40. The minimum Gasteiger partial charge on any atom is -0.481 e. The van der Waals surface area contributed by atoms with E-state index in [1.165, 1.54) is 16.2 Å². The van der Waals surface area contributed by atoms with Gasteiger partial charge < -0.3 is 15.2 Å². The highest BCUT2D eigenvalue weighted by molar-refractivity contribution is 7.14. The van der Waals surface area contributed by atoms with Gasteiger partial charge in [0.15, 0.2) is 0 Å². The number of rotatable bonds is 5. The molecule has 1 aliphatic heterocycles. The molecule has 110 valence electrons. The van der Waals surface area contributed by atoms with E-state index >= 15 is 0 Å². The third kappa shape index (κ3) is 3.37. The van der Waals surface area contributed by atoms with Crippen LogP contribution in [0.25, 0.3) is 0 Å². The summed E-state index contributed by atoms with van der Waals surface area (Å²) in [5, 5.41) is 11.8. The fraction of sp³-hybridized carbons (Fsp3) is 0.571. The molecule has 0 unspecified atom stereocenters. The quantitative estimate of drug-likeness (QED) is 0.872. The van der Waals surface area contributed by atoms with E-state index in [4.69, 9.17) is 9.84 Å². The van der Waals surface area contributed by atoms with Crippen LogP contribution in [0.4, 0.5) is 0 Å². The maximum absolute atomic E-state index is 12.0. The maximum atomic E-state index is 12.0. The number of thiophene rings is 1. The molecule has 1 aromatic heterocycles. The Morgan fingerprint density at radius 2 is 2.25 bits per heavy atom. The predicted molar refractivity (Wildman–Crippen MR) is 76.0 cm³/mol. The van der Waals surface area contributed by atoms with Gasteiger partial charge in [-0.1, -0.05) is 0 Å². The second kappa shape index (κ2) is 5.93. The molecule has 0 saturated carbocycles. The first-order chi connectivity index (χ1) is 9.40. The number of carbonyl (C=O) groups excluding carboxylic acids is 1. The van der Waals surface area contributed by atoms with E-state index in [1.807, 2.05) is 6.07 Å². The zero-order valence-electron chi connectivity index (χ0n) is 11.7. The molecule has 0 saturated heterocycles. The number of aliphatic carboxylic acids is 1. The van der Waals surface area contributed by atoms with Crippen LogP contribution in [0.1, 0.15) is 40.4 Å². The molecule has 20 heavy (non-hydrogen) atoms. The Morgan fingerprint density at radius 3 is 2.90 bits per heavy atom. The summed E-state index contributed by atoms with van der Waals surface area (Å²) >= 11 is 1.50. The predicted octanol–water partition coefficient (Wildman–Crippen LogP) is 2.05. The summed E-state index contributed by atoms with van der Waals surface area (Å²) in [6.07, 6.45) is 1.27. The number of carboxylic acid groups (broad SMARTS) is 1. The van der Waals surface area contributed by atoms with E-state index in [-0.39, 0.29) is 5.91 Å². The highest BCUT2D eigenvalue weighted by atomic mass is 32.1. The molecule has 0 aromatic carbocycles. The highest BCUT2D eigenvalue weighted by Gasteiger charge is 2.26. The zero-order valence-corrected chi connectivity index (χ0v) is 12.5. The fourth-order valence-corrected chi connectivity index (χ4v) is 3.01. The summed E-state index contributed by atoms with van der Waals surface area (Å²) in [6, 6.07) is 1.87. The van der Waals surface area contributed by atoms with Crippen molar-refractivity contribution in [1.29, 1.82) is 0 Å². The van der Waals surface area contributed by atoms with Crippen LogP contribution in [0, 0.1) is 5.41 Å². The Labute approximate surface area is 121 Å². The van der Waals surface area contributed by atoms with E-state index in [2.05, 4.69) is 5.32 Å². The van der Waals surface area contributed by atoms with Crippen LogP contribution in [-0.4, -0.2) is 30.1 Å². The van der Waals surface area contributed by atoms with Crippen molar-refractivity contribution in [3.05, 3.63) is 21.4 Å². The lowest BCUT2D eigenvalue weighted by Crippen LogP contribution is -2.31. The first-order valence-corrected chi connectivity index (χ1v) is 7.43. The van der Waals surface area contributed by atoms with Crippen molar-refractivity contribution in [1.82, 2.24) is 5.32 Å². The average Bonchev–Trinajstić information content (AvgIpc) is 2.82. The Bertz CT molecular complexity index is 498. The van der Waals surface area contributed by atoms with Crippen LogP contribution in [0.2, 0.25) is 0 Å². The third-order valence-corrected chi connectivity index (χ3v) is 4.70. The van der Waals surface area contributed by atoms with E-state index in [0.29, 0.717) is 31.1 Å². The Balaban J connectivity index is 1.89. The molecule has 5 nitrogen and oxygen atoms in total. The van der Waals surface area contributed by atoms with Gasteiger partial charge in [0.05, 0.1) is 23.5 Å². The van der Waals surface area contributed by atoms with E-state index < -0.39 is 11.4 Å². The van der Waals surface area contributed by atoms with Gasteiger partial charge in [-0.3, -0.25) is 9.59 Å². The van der Waals surface area contributed by atoms with Gasteiger partial charge in [-0.25, -0.2) is 0 Å². The number of ether oxygens (including phenoxy) is 1. The van der Waals surface area contributed by atoms with Gasteiger partial charge in [-0.2, -0.15) is 0 Å². The van der Waals surface area contributed by atoms with Gasteiger partial charge in [0, 0.05) is 17.8 Å². The van der Waals surface area contributed by atoms with Crippen LogP contribution >= 0.6 is 11.3 Å². The number of nitrogens with one attached hydrogen (secondary N) is 1. The monoisotopic (exact) mass is 297 g/mol. The lowest BCUT2D eigenvalue weighted by Gasteiger charge is -2.18. The molecule has 1 amide bonds.